The van der Waals surface area contributed by atoms with Crippen molar-refractivity contribution in [2.75, 3.05) is 6.54 Å². The molecule has 0 saturated carbocycles. The first kappa shape index (κ1) is 12.0. The van der Waals surface area contributed by atoms with Crippen LogP contribution in [0.25, 0.3) is 11.1 Å². The number of nitrogens with one attached hydrogen (secondary N) is 1. The van der Waals surface area contributed by atoms with Crippen molar-refractivity contribution in [2.45, 2.75) is 6.42 Å². The number of nitrogens with zero attached hydrogens (tertiary/aromatic N) is 2. The molecular weight excluding hydrogens is 230 g/mol. The van der Waals surface area contributed by atoms with Crippen LogP contribution >= 0.6 is 0 Å². The van der Waals surface area contributed by atoms with E-state index in [0.717, 1.165) is 11.1 Å². The van der Waals surface area contributed by atoms with Gasteiger partial charge in [0.15, 0.2) is 0 Å². The summed E-state index contributed by atoms with van der Waals surface area (Å²) in [6.45, 7) is 0.319. The molecule has 5 heteroatoms. The van der Waals surface area contributed by atoms with Crippen molar-refractivity contribution in [1.82, 2.24) is 15.3 Å². The van der Waals surface area contributed by atoms with E-state index >= 15 is 0 Å². The lowest BCUT2D eigenvalue weighted by Gasteiger charge is -2.03. The third-order valence-electron chi connectivity index (χ3n) is 2.44. The van der Waals surface area contributed by atoms with E-state index in [4.69, 9.17) is 5.11 Å². The minimum absolute atomic E-state index is 0.319. The lowest BCUT2D eigenvalue weighted by atomic mass is 10.1. The second-order valence-corrected chi connectivity index (χ2v) is 3.74. The maximum absolute atomic E-state index is 10.3. The minimum Gasteiger partial charge on any atom is -0.465 e. The Morgan fingerprint density at radius 1 is 1.11 bits per heavy atom. The molecule has 92 valence electrons. The Morgan fingerprint density at radius 3 is 2.39 bits per heavy atom. The van der Waals surface area contributed by atoms with Gasteiger partial charge < -0.3 is 10.4 Å². The number of amides is 1. The van der Waals surface area contributed by atoms with E-state index in [9.17, 15) is 4.79 Å². The molecule has 0 saturated heterocycles. The Morgan fingerprint density at radius 2 is 1.78 bits per heavy atom. The maximum atomic E-state index is 10.3. The number of hydrogen-bond donors (Lipinski definition) is 2. The highest BCUT2D eigenvalue weighted by atomic mass is 16.4. The van der Waals surface area contributed by atoms with Gasteiger partial charge in [-0.1, -0.05) is 30.3 Å². The molecule has 1 aromatic heterocycles. The van der Waals surface area contributed by atoms with Crippen LogP contribution in [-0.2, 0) is 6.42 Å². The first-order valence-electron chi connectivity index (χ1n) is 5.59. The monoisotopic (exact) mass is 243 g/mol. The molecule has 2 N–H and O–H groups in total. The van der Waals surface area contributed by atoms with Crippen LogP contribution in [0.2, 0.25) is 0 Å². The summed E-state index contributed by atoms with van der Waals surface area (Å²) in [6, 6.07) is 9.85. The second kappa shape index (κ2) is 5.77. The fourth-order valence-electron chi connectivity index (χ4n) is 1.54. The van der Waals surface area contributed by atoms with Crippen LogP contribution in [0.1, 0.15) is 5.82 Å². The number of carboxylic acid groups (broad SMARTS) is 1. The molecule has 1 heterocycles. The molecule has 0 atom stereocenters. The summed E-state index contributed by atoms with van der Waals surface area (Å²) >= 11 is 0. The normalized spacial score (nSPS) is 10.0. The van der Waals surface area contributed by atoms with Crippen LogP contribution in [0, 0.1) is 0 Å². The molecule has 18 heavy (non-hydrogen) atoms. The predicted molar refractivity (Wildman–Crippen MR) is 67.2 cm³/mol. The van der Waals surface area contributed by atoms with Crippen LogP contribution in [0.3, 0.4) is 0 Å². The summed E-state index contributed by atoms with van der Waals surface area (Å²) in [7, 11) is 0. The van der Waals surface area contributed by atoms with Gasteiger partial charge in [0.2, 0.25) is 0 Å². The molecule has 0 aliphatic heterocycles. The molecule has 2 aromatic rings. The Balaban J connectivity index is 2.00. The number of benzene rings is 1. The van der Waals surface area contributed by atoms with Crippen molar-refractivity contribution < 1.29 is 9.90 Å². The number of rotatable bonds is 4. The third kappa shape index (κ3) is 3.28. The van der Waals surface area contributed by atoms with Gasteiger partial charge in [-0.25, -0.2) is 14.8 Å². The third-order valence-corrected chi connectivity index (χ3v) is 2.44. The van der Waals surface area contributed by atoms with Gasteiger partial charge in [0.05, 0.1) is 0 Å². The number of aromatic nitrogens is 2. The maximum Gasteiger partial charge on any atom is 0.404 e. The molecular formula is C13H13N3O2. The van der Waals surface area contributed by atoms with E-state index in [0.29, 0.717) is 18.8 Å². The predicted octanol–water partition coefficient (Wildman–Crippen LogP) is 1.95. The molecule has 1 amide bonds. The Bertz CT molecular complexity index is 512. The topological polar surface area (TPSA) is 75.1 Å². The van der Waals surface area contributed by atoms with E-state index in [1.54, 1.807) is 12.4 Å². The van der Waals surface area contributed by atoms with E-state index in [2.05, 4.69) is 15.3 Å². The van der Waals surface area contributed by atoms with Crippen molar-refractivity contribution in [3.05, 3.63) is 48.5 Å². The largest absolute Gasteiger partial charge is 0.465 e. The zero-order valence-electron chi connectivity index (χ0n) is 9.71. The molecule has 0 unspecified atom stereocenters. The Hall–Kier alpha value is -2.43. The van der Waals surface area contributed by atoms with E-state index < -0.39 is 6.09 Å². The van der Waals surface area contributed by atoms with E-state index in [1.807, 2.05) is 30.3 Å². The Labute approximate surface area is 105 Å². The zero-order chi connectivity index (χ0) is 12.8. The van der Waals surface area contributed by atoms with Gasteiger partial charge in [-0.3, -0.25) is 0 Å². The minimum atomic E-state index is -1.03. The molecule has 0 spiro atoms. The molecule has 5 nitrogen and oxygen atoms in total. The van der Waals surface area contributed by atoms with Crippen LogP contribution in [-0.4, -0.2) is 27.7 Å². The van der Waals surface area contributed by atoms with Crippen LogP contribution in [0.4, 0.5) is 4.79 Å². The molecule has 0 radical (unpaired) electrons. The zero-order valence-corrected chi connectivity index (χ0v) is 9.71. The van der Waals surface area contributed by atoms with Gasteiger partial charge in [-0.15, -0.1) is 0 Å². The lowest BCUT2D eigenvalue weighted by molar-refractivity contribution is 0.194. The van der Waals surface area contributed by atoms with Gasteiger partial charge in [-0.05, 0) is 5.56 Å². The highest BCUT2D eigenvalue weighted by molar-refractivity contribution is 5.64. The molecule has 0 bridgehead atoms. The summed E-state index contributed by atoms with van der Waals surface area (Å²) in [5.41, 5.74) is 2.01. The lowest BCUT2D eigenvalue weighted by Crippen LogP contribution is -2.23. The van der Waals surface area contributed by atoms with Crippen molar-refractivity contribution in [3.8, 4) is 11.1 Å². The first-order chi connectivity index (χ1) is 8.75. The van der Waals surface area contributed by atoms with Gasteiger partial charge in [-0.2, -0.15) is 0 Å². The molecule has 0 aliphatic carbocycles. The van der Waals surface area contributed by atoms with Crippen LogP contribution in [0.5, 0.6) is 0 Å². The second-order valence-electron chi connectivity index (χ2n) is 3.74. The van der Waals surface area contributed by atoms with Crippen molar-refractivity contribution in [1.29, 1.82) is 0 Å². The van der Waals surface area contributed by atoms with Gasteiger partial charge in [0.25, 0.3) is 0 Å². The fourth-order valence-corrected chi connectivity index (χ4v) is 1.54. The first-order valence-corrected chi connectivity index (χ1v) is 5.59. The average Bonchev–Trinajstić information content (AvgIpc) is 2.40. The van der Waals surface area contributed by atoms with Gasteiger partial charge in [0, 0.05) is 30.9 Å². The van der Waals surface area contributed by atoms with Crippen molar-refractivity contribution >= 4 is 6.09 Å². The fraction of sp³-hybridized carbons (Fsp3) is 0.154. The molecule has 0 fully saturated rings. The molecule has 2 rings (SSSR count). The Kier molecular flexibility index (Phi) is 3.86. The number of carbonyl (C=O) groups is 1. The summed E-state index contributed by atoms with van der Waals surface area (Å²) in [4.78, 5) is 18.7. The van der Waals surface area contributed by atoms with Crippen molar-refractivity contribution in [3.63, 3.8) is 0 Å². The highest BCUT2D eigenvalue weighted by Crippen LogP contribution is 2.16. The SMILES string of the molecule is O=C(O)NCCc1ncc(-c2ccccc2)cn1. The van der Waals surface area contributed by atoms with Crippen LogP contribution < -0.4 is 5.32 Å². The van der Waals surface area contributed by atoms with E-state index in [-0.39, 0.29) is 0 Å². The summed E-state index contributed by atoms with van der Waals surface area (Å²) in [5.74, 6) is 0.628. The van der Waals surface area contributed by atoms with Gasteiger partial charge >= 0.3 is 6.09 Å². The number of hydrogen-bond acceptors (Lipinski definition) is 3. The summed E-state index contributed by atoms with van der Waals surface area (Å²) < 4.78 is 0. The summed E-state index contributed by atoms with van der Waals surface area (Å²) in [5, 5.41) is 10.7. The van der Waals surface area contributed by atoms with Crippen molar-refractivity contribution in [2.24, 2.45) is 0 Å². The smallest absolute Gasteiger partial charge is 0.404 e. The standard InChI is InChI=1S/C13H13N3O2/c17-13(18)14-7-6-12-15-8-11(9-16-12)10-4-2-1-3-5-10/h1-5,8-9,14H,6-7H2,(H,17,18). The van der Waals surface area contributed by atoms with E-state index in [1.165, 1.54) is 0 Å². The molecule has 0 aliphatic rings. The average molecular weight is 243 g/mol. The highest BCUT2D eigenvalue weighted by Gasteiger charge is 2.01. The summed E-state index contributed by atoms with van der Waals surface area (Å²) in [6.07, 6.45) is 2.95. The quantitative estimate of drug-likeness (QED) is 0.860. The molecule has 1 aromatic carbocycles. The van der Waals surface area contributed by atoms with Crippen LogP contribution in [0.15, 0.2) is 42.7 Å². The van der Waals surface area contributed by atoms with Gasteiger partial charge in [0.1, 0.15) is 5.82 Å².